The second-order valence-electron chi connectivity index (χ2n) is 3.72. The van der Waals surface area contributed by atoms with Gasteiger partial charge in [-0.05, 0) is 45.3 Å². The van der Waals surface area contributed by atoms with Crippen molar-refractivity contribution in [2.75, 3.05) is 33.4 Å². The maximum Gasteiger partial charge on any atom is 0.0931 e. The van der Waals surface area contributed by atoms with Crippen molar-refractivity contribution in [2.24, 2.45) is 5.92 Å². The number of nitrogens with one attached hydrogen (secondary N) is 1. The van der Waals surface area contributed by atoms with Crippen LogP contribution in [0.1, 0.15) is 19.3 Å². The first-order valence-electron chi connectivity index (χ1n) is 4.83. The molecule has 0 radical (unpaired) electrons. The number of hydrogen-bond acceptors (Lipinski definition) is 3. The lowest BCUT2D eigenvalue weighted by molar-refractivity contribution is 0.194. The monoisotopic (exact) mass is 172 g/mol. The molecule has 0 spiro atoms. The van der Waals surface area contributed by atoms with Gasteiger partial charge in [-0.3, -0.25) is 5.32 Å². The van der Waals surface area contributed by atoms with Crippen molar-refractivity contribution in [3.8, 4) is 0 Å². The minimum absolute atomic E-state index is 0.114. The molecule has 3 heteroatoms. The molecular weight excluding hydrogens is 152 g/mol. The first kappa shape index (κ1) is 9.96. The van der Waals surface area contributed by atoms with Gasteiger partial charge in [-0.2, -0.15) is 0 Å². The summed E-state index contributed by atoms with van der Waals surface area (Å²) in [4.78, 5) is 2.40. The van der Waals surface area contributed by atoms with Crippen molar-refractivity contribution in [2.45, 2.75) is 19.3 Å². The van der Waals surface area contributed by atoms with Gasteiger partial charge in [0.25, 0.3) is 0 Å². The van der Waals surface area contributed by atoms with E-state index in [0.29, 0.717) is 0 Å². The Morgan fingerprint density at radius 3 is 3.08 bits per heavy atom. The van der Waals surface area contributed by atoms with Crippen molar-refractivity contribution >= 4 is 0 Å². The molecule has 2 N–H and O–H groups in total. The summed E-state index contributed by atoms with van der Waals surface area (Å²) in [5.41, 5.74) is 0. The van der Waals surface area contributed by atoms with E-state index in [9.17, 15) is 0 Å². The van der Waals surface area contributed by atoms with Crippen LogP contribution in [0.3, 0.4) is 0 Å². The normalized spacial score (nSPS) is 26.0. The van der Waals surface area contributed by atoms with E-state index in [1.807, 2.05) is 0 Å². The molecule has 1 fully saturated rings. The van der Waals surface area contributed by atoms with E-state index < -0.39 is 0 Å². The molecule has 0 aromatic heterocycles. The summed E-state index contributed by atoms with van der Waals surface area (Å²) in [7, 11) is 2.19. The summed E-state index contributed by atoms with van der Waals surface area (Å²) in [6.07, 6.45) is 3.89. The maximum absolute atomic E-state index is 8.53. The minimum atomic E-state index is 0.114. The molecule has 1 saturated heterocycles. The van der Waals surface area contributed by atoms with Crippen molar-refractivity contribution in [1.29, 1.82) is 0 Å². The predicted octanol–water partition coefficient (Wildman–Crippen LogP) is 0.258. The van der Waals surface area contributed by atoms with E-state index >= 15 is 0 Å². The Kier molecular flexibility index (Phi) is 4.58. The molecule has 1 aliphatic rings. The number of rotatable bonds is 4. The van der Waals surface area contributed by atoms with E-state index in [4.69, 9.17) is 5.11 Å². The van der Waals surface area contributed by atoms with Gasteiger partial charge in [-0.15, -0.1) is 0 Å². The van der Waals surface area contributed by atoms with Gasteiger partial charge in [0.05, 0.1) is 6.73 Å². The Bertz CT molecular complexity index is 119. The zero-order valence-corrected chi connectivity index (χ0v) is 7.92. The molecule has 1 rings (SSSR count). The average molecular weight is 172 g/mol. The quantitative estimate of drug-likeness (QED) is 0.471. The molecule has 12 heavy (non-hydrogen) atoms. The Hall–Kier alpha value is -0.120. The number of aliphatic hydroxyl groups excluding tert-OH is 1. The largest absolute Gasteiger partial charge is 0.381 e. The third kappa shape index (κ3) is 3.52. The lowest BCUT2D eigenvalue weighted by Gasteiger charge is -2.29. The standard InChI is InChI=1S/C9H20N2O/c1-11-6-2-3-9(7-11)4-5-10-8-12/h9-10,12H,2-8H2,1H3. The summed E-state index contributed by atoms with van der Waals surface area (Å²) in [6, 6.07) is 0. The molecule has 3 nitrogen and oxygen atoms in total. The summed E-state index contributed by atoms with van der Waals surface area (Å²) in [6.45, 7) is 3.55. The van der Waals surface area contributed by atoms with Crippen LogP contribution in [-0.2, 0) is 0 Å². The van der Waals surface area contributed by atoms with Crippen LogP contribution in [0.4, 0.5) is 0 Å². The zero-order chi connectivity index (χ0) is 8.81. The smallest absolute Gasteiger partial charge is 0.0931 e. The number of hydrogen-bond donors (Lipinski definition) is 2. The van der Waals surface area contributed by atoms with Gasteiger partial charge in [0.15, 0.2) is 0 Å². The van der Waals surface area contributed by atoms with Crippen LogP contribution in [0.15, 0.2) is 0 Å². The molecule has 0 saturated carbocycles. The summed E-state index contributed by atoms with van der Waals surface area (Å²) < 4.78 is 0. The Morgan fingerprint density at radius 1 is 1.58 bits per heavy atom. The molecule has 0 bridgehead atoms. The third-order valence-corrected chi connectivity index (χ3v) is 2.56. The molecule has 0 aromatic carbocycles. The third-order valence-electron chi connectivity index (χ3n) is 2.56. The van der Waals surface area contributed by atoms with Crippen LogP contribution in [0.25, 0.3) is 0 Å². The van der Waals surface area contributed by atoms with E-state index in [1.54, 1.807) is 0 Å². The van der Waals surface area contributed by atoms with Gasteiger partial charge in [-0.1, -0.05) is 0 Å². The molecule has 1 aliphatic heterocycles. The van der Waals surface area contributed by atoms with Crippen LogP contribution >= 0.6 is 0 Å². The highest BCUT2D eigenvalue weighted by molar-refractivity contribution is 4.70. The van der Waals surface area contributed by atoms with Gasteiger partial charge in [-0.25, -0.2) is 0 Å². The highest BCUT2D eigenvalue weighted by atomic mass is 16.3. The molecular formula is C9H20N2O. The van der Waals surface area contributed by atoms with E-state index in [0.717, 1.165) is 12.5 Å². The van der Waals surface area contributed by atoms with Gasteiger partial charge >= 0.3 is 0 Å². The lowest BCUT2D eigenvalue weighted by atomic mass is 9.95. The highest BCUT2D eigenvalue weighted by Crippen LogP contribution is 2.17. The van der Waals surface area contributed by atoms with Crippen LogP contribution in [0.5, 0.6) is 0 Å². The molecule has 1 atom stereocenters. The van der Waals surface area contributed by atoms with Gasteiger partial charge in [0.2, 0.25) is 0 Å². The maximum atomic E-state index is 8.53. The van der Waals surface area contributed by atoms with Crippen molar-refractivity contribution < 1.29 is 5.11 Å². The first-order valence-corrected chi connectivity index (χ1v) is 4.83. The zero-order valence-electron chi connectivity index (χ0n) is 7.92. The fraction of sp³-hybridized carbons (Fsp3) is 1.00. The van der Waals surface area contributed by atoms with Gasteiger partial charge in [0, 0.05) is 6.54 Å². The minimum Gasteiger partial charge on any atom is -0.381 e. The summed E-state index contributed by atoms with van der Waals surface area (Å²) >= 11 is 0. The van der Waals surface area contributed by atoms with Crippen LogP contribution < -0.4 is 5.32 Å². The second-order valence-corrected chi connectivity index (χ2v) is 3.72. The number of aliphatic hydroxyl groups is 1. The van der Waals surface area contributed by atoms with Crippen LogP contribution in [-0.4, -0.2) is 43.4 Å². The van der Waals surface area contributed by atoms with Crippen molar-refractivity contribution in [1.82, 2.24) is 10.2 Å². The van der Waals surface area contributed by atoms with Crippen LogP contribution in [0.2, 0.25) is 0 Å². The van der Waals surface area contributed by atoms with E-state index in [2.05, 4.69) is 17.3 Å². The molecule has 1 unspecified atom stereocenters. The van der Waals surface area contributed by atoms with Gasteiger partial charge < -0.3 is 10.0 Å². The number of likely N-dealkylation sites (tertiary alicyclic amines) is 1. The topological polar surface area (TPSA) is 35.5 Å². The average Bonchev–Trinajstić information content (AvgIpc) is 2.05. The predicted molar refractivity (Wildman–Crippen MR) is 49.9 cm³/mol. The van der Waals surface area contributed by atoms with E-state index in [-0.39, 0.29) is 6.73 Å². The fourth-order valence-corrected chi connectivity index (χ4v) is 1.89. The van der Waals surface area contributed by atoms with Crippen LogP contribution in [0, 0.1) is 5.92 Å². The van der Waals surface area contributed by atoms with E-state index in [1.165, 1.54) is 32.4 Å². The Balaban J connectivity index is 2.06. The highest BCUT2D eigenvalue weighted by Gasteiger charge is 2.15. The van der Waals surface area contributed by atoms with Crippen molar-refractivity contribution in [3.05, 3.63) is 0 Å². The fourth-order valence-electron chi connectivity index (χ4n) is 1.89. The molecule has 0 aliphatic carbocycles. The van der Waals surface area contributed by atoms with Gasteiger partial charge in [0.1, 0.15) is 0 Å². The van der Waals surface area contributed by atoms with Crippen molar-refractivity contribution in [3.63, 3.8) is 0 Å². The summed E-state index contributed by atoms with van der Waals surface area (Å²) in [5.74, 6) is 0.836. The molecule has 0 amide bonds. The molecule has 72 valence electrons. The SMILES string of the molecule is CN1CCCC(CCNCO)C1. The first-order chi connectivity index (χ1) is 5.83. The number of nitrogens with zero attached hydrogens (tertiary/aromatic N) is 1. The molecule has 0 aromatic rings. The number of piperidine rings is 1. The Morgan fingerprint density at radius 2 is 2.42 bits per heavy atom. The molecule has 1 heterocycles. The lowest BCUT2D eigenvalue weighted by Crippen LogP contribution is -2.33. The second kappa shape index (κ2) is 5.51. The summed E-state index contributed by atoms with van der Waals surface area (Å²) in [5, 5.41) is 11.5. The Labute approximate surface area is 74.8 Å².